The number of nitrogens with one attached hydrogen (secondary N) is 10. The second-order valence-corrected chi connectivity index (χ2v) is 18.6. The Morgan fingerprint density at radius 1 is 0.474 bits per heavy atom. The highest BCUT2D eigenvalue weighted by Crippen LogP contribution is 2.10. The highest BCUT2D eigenvalue weighted by molar-refractivity contribution is 6.00. The van der Waals surface area contributed by atoms with E-state index in [1.54, 1.807) is 30.3 Å². The minimum absolute atomic E-state index is 0.0388. The normalized spacial score (nSPS) is 16.1. The molecule has 13 atom stereocenters. The first-order chi connectivity index (χ1) is 36.5. The first kappa shape index (κ1) is 68.6. The lowest BCUT2D eigenvalue weighted by Crippen LogP contribution is -2.64. The molecule has 11 amide bonds. The Bertz CT molecular complexity index is 2220. The van der Waals surface area contributed by atoms with Crippen molar-refractivity contribution in [3.63, 3.8) is 0 Å². The number of carboxylic acid groups (broad SMARTS) is 1. The van der Waals surface area contributed by atoms with Crippen LogP contribution in [0.25, 0.3) is 0 Å². The molecule has 0 unspecified atom stereocenters. The van der Waals surface area contributed by atoms with Crippen LogP contribution in [0.15, 0.2) is 30.3 Å². The molecule has 0 saturated heterocycles. The second kappa shape index (κ2) is 34.4. The van der Waals surface area contributed by atoms with Crippen LogP contribution in [-0.4, -0.2) is 207 Å². The largest absolute Gasteiger partial charge is 0.480 e. The third-order valence-corrected chi connectivity index (χ3v) is 11.5. The number of aliphatic carboxylic acids is 1. The van der Waals surface area contributed by atoms with Gasteiger partial charge in [0.1, 0.15) is 60.4 Å². The van der Waals surface area contributed by atoms with E-state index in [9.17, 15) is 88.2 Å². The number of nitrogens with two attached hydrogens (primary N) is 3. The molecule has 22 N–H and O–H groups in total. The van der Waals surface area contributed by atoms with Gasteiger partial charge in [0.25, 0.3) is 0 Å². The summed E-state index contributed by atoms with van der Waals surface area (Å²) in [6.45, 7) is 4.95. The molecular formula is C47H77N13O18. The predicted molar refractivity (Wildman–Crippen MR) is 273 cm³/mol. The molecule has 31 heteroatoms. The molecular weight excluding hydrogens is 1030 g/mol. The van der Waals surface area contributed by atoms with Gasteiger partial charge in [0.2, 0.25) is 65.0 Å². The van der Waals surface area contributed by atoms with Crippen LogP contribution < -0.4 is 70.4 Å². The van der Waals surface area contributed by atoms with Crippen molar-refractivity contribution in [3.05, 3.63) is 35.9 Å². The number of carboxylic acids is 1. The Hall–Kier alpha value is -7.42. The minimum atomic E-state index is -1.99. The first-order valence-electron chi connectivity index (χ1n) is 24.8. The summed E-state index contributed by atoms with van der Waals surface area (Å²) in [6, 6.07) is -9.02. The van der Waals surface area contributed by atoms with Crippen molar-refractivity contribution >= 4 is 70.9 Å². The molecule has 438 valence electrons. The van der Waals surface area contributed by atoms with Gasteiger partial charge in [-0.2, -0.15) is 0 Å². The molecule has 0 aliphatic rings. The van der Waals surface area contributed by atoms with E-state index in [1.807, 2.05) is 0 Å². The van der Waals surface area contributed by atoms with Gasteiger partial charge in [-0.15, -0.1) is 0 Å². The Kier molecular flexibility index (Phi) is 30.2. The van der Waals surface area contributed by atoms with Gasteiger partial charge in [0, 0.05) is 6.42 Å². The number of hydrogen-bond donors (Lipinski definition) is 19. The van der Waals surface area contributed by atoms with E-state index in [4.69, 9.17) is 17.2 Å². The molecule has 1 aromatic rings. The van der Waals surface area contributed by atoms with E-state index < -0.39 is 182 Å². The standard InChI is InChI=1S/C47H77N13O18/c1-21(2)34(43(73)53-27(14-10-11-15-48)38(68)51-22(3)47(77)78)57-45(75)37(25(6)65)60-46(76)36(24(5)64)59-42(72)31(20-62)56-44(74)35(23(4)63)58-40(70)28(16-26-12-8-7-9-13-26)54-39(69)29(17-32(50)66)55-41(71)30(19-61)52-33(67)18-49/h7-9,12-13,21-25,27-31,34-37,61-65H,10-11,14-20,48-49H2,1-6H3,(H2,50,66)(H,51,68)(H,52,67)(H,53,73)(H,54,69)(H,55,71)(H,56,74)(H,57,75)(H,58,70)(H,59,72)(H,60,76)(H,77,78)/t22-,23+,24+,25+,27-,28-,29-,30+,31-,34-,35-,36-,37-/m0/s1. The SMILES string of the molecule is CC(C)[C@H](NC(=O)[C@@H](NC(=O)[C@@H](NC(=O)[C@H](CO)NC(=O)[C@@H](NC(=O)[C@H](Cc1ccccc1)NC(=O)[C@H](CC(N)=O)NC(=O)[C@@H](CO)NC(=O)CN)[C@@H](C)O)[C@@H](C)O)[C@@H](C)O)C(=O)N[C@@H](CCCCN)C(=O)N[C@@H](C)C(=O)O. The molecule has 1 aromatic carbocycles. The quantitative estimate of drug-likeness (QED) is 0.0281. The third kappa shape index (κ3) is 23.4. The Morgan fingerprint density at radius 3 is 1.31 bits per heavy atom. The predicted octanol–water partition coefficient (Wildman–Crippen LogP) is -9.07. The highest BCUT2D eigenvalue weighted by atomic mass is 16.4. The average molecular weight is 1110 g/mol. The fraction of sp³-hybridized carbons (Fsp3) is 0.617. The molecule has 1 rings (SSSR count). The van der Waals surface area contributed by atoms with E-state index >= 15 is 0 Å². The van der Waals surface area contributed by atoms with Crippen LogP contribution in [0.2, 0.25) is 0 Å². The number of aliphatic hydroxyl groups excluding tert-OH is 5. The number of carbonyl (C=O) groups is 12. The van der Waals surface area contributed by atoms with E-state index in [1.165, 1.54) is 20.8 Å². The van der Waals surface area contributed by atoms with Crippen molar-refractivity contribution in [3.8, 4) is 0 Å². The highest BCUT2D eigenvalue weighted by Gasteiger charge is 2.39. The zero-order valence-electron chi connectivity index (χ0n) is 44.1. The lowest BCUT2D eigenvalue weighted by Gasteiger charge is -2.30. The number of primary amides is 1. The smallest absolute Gasteiger partial charge is 0.325 e. The van der Waals surface area contributed by atoms with Crippen molar-refractivity contribution in [2.24, 2.45) is 23.1 Å². The van der Waals surface area contributed by atoms with Crippen LogP contribution in [0.4, 0.5) is 0 Å². The number of unbranched alkanes of at least 4 members (excludes halogenated alkanes) is 1. The maximum atomic E-state index is 13.9. The number of aliphatic hydroxyl groups is 5. The van der Waals surface area contributed by atoms with Gasteiger partial charge in [0.05, 0.1) is 44.5 Å². The maximum Gasteiger partial charge on any atom is 0.325 e. The maximum absolute atomic E-state index is 13.9. The summed E-state index contributed by atoms with van der Waals surface area (Å²) >= 11 is 0. The van der Waals surface area contributed by atoms with Crippen molar-refractivity contribution < 1.29 is 88.2 Å². The summed E-state index contributed by atoms with van der Waals surface area (Å²) in [5.74, 6) is -14.3. The molecule has 0 aromatic heterocycles. The van der Waals surface area contributed by atoms with Crippen LogP contribution in [-0.2, 0) is 64.0 Å². The summed E-state index contributed by atoms with van der Waals surface area (Å²) in [4.78, 5) is 157. The number of rotatable bonds is 35. The van der Waals surface area contributed by atoms with Crippen LogP contribution in [0.3, 0.4) is 0 Å². The van der Waals surface area contributed by atoms with Gasteiger partial charge in [-0.3, -0.25) is 57.5 Å². The zero-order chi connectivity index (χ0) is 59.6. The van der Waals surface area contributed by atoms with Crippen molar-refractivity contribution in [1.29, 1.82) is 0 Å². The number of hydrogen-bond acceptors (Lipinski definition) is 19. The molecule has 0 bridgehead atoms. The van der Waals surface area contributed by atoms with Gasteiger partial charge < -0.3 is 101 Å². The number of amides is 11. The van der Waals surface area contributed by atoms with E-state index in [2.05, 4.69) is 53.2 Å². The van der Waals surface area contributed by atoms with E-state index in [-0.39, 0.29) is 19.4 Å². The molecule has 31 nitrogen and oxygen atoms in total. The van der Waals surface area contributed by atoms with Crippen molar-refractivity contribution in [2.45, 2.75) is 152 Å². The van der Waals surface area contributed by atoms with E-state index in [0.717, 1.165) is 20.8 Å². The molecule has 78 heavy (non-hydrogen) atoms. The topological polar surface area (TPSA) is 525 Å². The Balaban J connectivity index is 3.36. The summed E-state index contributed by atoms with van der Waals surface area (Å²) in [7, 11) is 0. The molecule has 0 radical (unpaired) electrons. The lowest BCUT2D eigenvalue weighted by molar-refractivity contribution is -0.142. The van der Waals surface area contributed by atoms with E-state index in [0.29, 0.717) is 18.4 Å². The zero-order valence-corrected chi connectivity index (χ0v) is 44.1. The fourth-order valence-corrected chi connectivity index (χ4v) is 7.06. The third-order valence-electron chi connectivity index (χ3n) is 11.5. The summed E-state index contributed by atoms with van der Waals surface area (Å²) in [5.41, 5.74) is 16.6. The molecule has 0 saturated carbocycles. The molecule has 0 aliphatic carbocycles. The van der Waals surface area contributed by atoms with Gasteiger partial charge >= 0.3 is 5.97 Å². The summed E-state index contributed by atoms with van der Waals surface area (Å²) < 4.78 is 0. The van der Waals surface area contributed by atoms with Crippen molar-refractivity contribution in [2.75, 3.05) is 26.3 Å². The second-order valence-electron chi connectivity index (χ2n) is 18.6. The summed E-state index contributed by atoms with van der Waals surface area (Å²) in [6.07, 6.45) is -5.60. The Morgan fingerprint density at radius 2 is 0.859 bits per heavy atom. The Labute approximate surface area is 449 Å². The monoisotopic (exact) mass is 1110 g/mol. The first-order valence-corrected chi connectivity index (χ1v) is 24.8. The number of benzene rings is 1. The molecule has 0 fully saturated rings. The van der Waals surface area contributed by atoms with Gasteiger partial charge in [0.15, 0.2) is 0 Å². The molecule has 0 aliphatic heterocycles. The van der Waals surface area contributed by atoms with Crippen LogP contribution >= 0.6 is 0 Å². The lowest BCUT2D eigenvalue weighted by atomic mass is 10.0. The minimum Gasteiger partial charge on any atom is -0.480 e. The molecule has 0 heterocycles. The average Bonchev–Trinajstić information content (AvgIpc) is 3.37. The van der Waals surface area contributed by atoms with Crippen molar-refractivity contribution in [1.82, 2.24) is 53.2 Å². The van der Waals surface area contributed by atoms with Crippen LogP contribution in [0.1, 0.15) is 72.8 Å². The van der Waals surface area contributed by atoms with Gasteiger partial charge in [-0.05, 0) is 65.0 Å². The molecule has 0 spiro atoms. The van der Waals surface area contributed by atoms with Crippen LogP contribution in [0.5, 0.6) is 0 Å². The van der Waals surface area contributed by atoms with Gasteiger partial charge in [-0.25, -0.2) is 0 Å². The van der Waals surface area contributed by atoms with Gasteiger partial charge in [-0.1, -0.05) is 44.2 Å². The summed E-state index contributed by atoms with van der Waals surface area (Å²) in [5, 5.41) is 83.5. The number of carbonyl (C=O) groups excluding carboxylic acids is 11. The fourth-order valence-electron chi connectivity index (χ4n) is 7.06. The van der Waals surface area contributed by atoms with Crippen LogP contribution in [0, 0.1) is 5.92 Å².